The van der Waals surface area contributed by atoms with E-state index in [1.54, 1.807) is 12.2 Å². The Bertz CT molecular complexity index is 1120. The van der Waals surface area contributed by atoms with Crippen molar-refractivity contribution in [2.24, 2.45) is 25.1 Å². The Hall–Kier alpha value is -3.80. The third-order valence-electron chi connectivity index (χ3n) is 4.12. The van der Waals surface area contributed by atoms with Gasteiger partial charge in [-0.3, -0.25) is 0 Å². The molecule has 0 fully saturated rings. The van der Waals surface area contributed by atoms with Crippen molar-refractivity contribution >= 4 is 22.8 Å². The lowest BCUT2D eigenvalue weighted by molar-refractivity contribution is 1.27. The fourth-order valence-electron chi connectivity index (χ4n) is 2.96. The summed E-state index contributed by atoms with van der Waals surface area (Å²) < 4.78 is 0. The normalized spacial score (nSPS) is 22.1. The molecule has 26 heavy (non-hydrogen) atoms. The van der Waals surface area contributed by atoms with E-state index in [9.17, 15) is 4.91 Å². The lowest BCUT2D eigenvalue weighted by atomic mass is 10.2. The number of fused-ring (bicyclic) bond motifs is 4. The van der Waals surface area contributed by atoms with Gasteiger partial charge in [-0.05, 0) is 72.0 Å². The predicted molar refractivity (Wildman–Crippen MR) is 103 cm³/mol. The lowest BCUT2D eigenvalue weighted by Gasteiger charge is -1.94. The molecule has 0 aromatic rings. The Morgan fingerprint density at radius 1 is 0.538 bits per heavy atom. The van der Waals surface area contributed by atoms with Crippen LogP contribution in [0.1, 0.15) is 0 Å². The molecule has 6 heteroatoms. The van der Waals surface area contributed by atoms with Crippen molar-refractivity contribution in [2.75, 3.05) is 0 Å². The van der Waals surface area contributed by atoms with Crippen LogP contribution < -0.4 is 0 Å². The molecule has 0 unspecified atom stereocenters. The number of nitroso groups, excluding NO2 is 1. The van der Waals surface area contributed by atoms with E-state index in [0.717, 1.165) is 28.5 Å². The summed E-state index contributed by atoms with van der Waals surface area (Å²) in [6.45, 7) is 0. The molecule has 6 nitrogen and oxygen atoms in total. The van der Waals surface area contributed by atoms with Gasteiger partial charge in [-0.15, -0.1) is 4.91 Å². The van der Waals surface area contributed by atoms with Crippen LogP contribution in [-0.2, 0) is 0 Å². The van der Waals surface area contributed by atoms with Crippen molar-refractivity contribution in [3.8, 4) is 0 Å². The van der Waals surface area contributed by atoms with Gasteiger partial charge in [0.15, 0.2) is 0 Å². The minimum absolute atomic E-state index is 0.286. The fraction of sp³-hybridized carbons (Fsp3) is 0. The number of hydrogen-bond donors (Lipinski definition) is 0. The molecule has 0 aromatic carbocycles. The van der Waals surface area contributed by atoms with Gasteiger partial charge in [-0.1, -0.05) is 0 Å². The predicted octanol–water partition coefficient (Wildman–Crippen LogP) is 3.67. The van der Waals surface area contributed by atoms with Gasteiger partial charge in [0.2, 0.25) is 0 Å². The SMILES string of the molecule is O=NC1=CC2=NC1=CC1=NC(=CC3=NC(=CC4=NC(=C2)C=C4)C=C3)C=C1. The summed E-state index contributed by atoms with van der Waals surface area (Å²) in [5.74, 6) is 0. The summed E-state index contributed by atoms with van der Waals surface area (Å²) in [6, 6.07) is 0. The topological polar surface area (TPSA) is 78.9 Å². The van der Waals surface area contributed by atoms with E-state index in [0.29, 0.717) is 17.1 Å². The van der Waals surface area contributed by atoms with Crippen molar-refractivity contribution < 1.29 is 0 Å². The number of aliphatic imine (C=N–C) groups is 4. The largest absolute Gasteiger partial charge is 0.249 e. The van der Waals surface area contributed by atoms with Crippen molar-refractivity contribution in [3.63, 3.8) is 0 Å². The minimum Gasteiger partial charge on any atom is -0.249 e. The van der Waals surface area contributed by atoms with E-state index in [2.05, 4.69) is 25.1 Å². The van der Waals surface area contributed by atoms with E-state index in [4.69, 9.17) is 0 Å². The van der Waals surface area contributed by atoms with Crippen molar-refractivity contribution in [1.29, 1.82) is 0 Å². The van der Waals surface area contributed by atoms with Gasteiger partial charge in [0.05, 0.1) is 45.6 Å². The molecule has 5 heterocycles. The first-order valence-corrected chi connectivity index (χ1v) is 8.06. The van der Waals surface area contributed by atoms with Crippen LogP contribution in [0.15, 0.2) is 120 Å². The summed E-state index contributed by atoms with van der Waals surface area (Å²) in [7, 11) is 0. The average Bonchev–Trinajstić information content (AvgIpc) is 3.39. The molecule has 0 N–H and O–H groups in total. The third-order valence-corrected chi connectivity index (χ3v) is 4.12. The summed E-state index contributed by atoms with van der Waals surface area (Å²) in [5.41, 5.74) is 6.17. The maximum absolute atomic E-state index is 11.1. The van der Waals surface area contributed by atoms with Crippen LogP contribution in [-0.4, -0.2) is 22.8 Å². The van der Waals surface area contributed by atoms with Crippen LogP contribution in [0.2, 0.25) is 0 Å². The van der Waals surface area contributed by atoms with Gasteiger partial charge >= 0.3 is 0 Å². The Balaban J connectivity index is 1.67. The second-order valence-corrected chi connectivity index (χ2v) is 6.00. The van der Waals surface area contributed by atoms with Crippen LogP contribution in [0, 0.1) is 4.91 Å². The zero-order valence-corrected chi connectivity index (χ0v) is 13.5. The molecule has 0 saturated heterocycles. The smallest absolute Gasteiger partial charge is 0.135 e. The molecule has 5 aliphatic heterocycles. The van der Waals surface area contributed by atoms with Crippen molar-refractivity contribution in [1.82, 2.24) is 0 Å². The zero-order valence-electron chi connectivity index (χ0n) is 13.5. The molecule has 5 aliphatic rings. The summed E-state index contributed by atoms with van der Waals surface area (Å²) in [4.78, 5) is 29.2. The maximum atomic E-state index is 11.1. The highest BCUT2D eigenvalue weighted by Crippen LogP contribution is 2.24. The van der Waals surface area contributed by atoms with Gasteiger partial charge in [0, 0.05) is 0 Å². The van der Waals surface area contributed by atoms with Crippen LogP contribution in [0.5, 0.6) is 0 Å². The summed E-state index contributed by atoms with van der Waals surface area (Å²) >= 11 is 0. The van der Waals surface area contributed by atoms with Crippen LogP contribution in [0.25, 0.3) is 0 Å². The van der Waals surface area contributed by atoms with E-state index in [-0.39, 0.29) is 5.70 Å². The highest BCUT2D eigenvalue weighted by Gasteiger charge is 2.17. The monoisotopic (exact) mass is 337 g/mol. The highest BCUT2D eigenvalue weighted by atomic mass is 16.3. The molecule has 0 aromatic heterocycles. The molecule has 0 radical (unpaired) electrons. The maximum Gasteiger partial charge on any atom is 0.135 e. The Morgan fingerprint density at radius 3 is 1.58 bits per heavy atom. The van der Waals surface area contributed by atoms with Gasteiger partial charge < -0.3 is 0 Å². The van der Waals surface area contributed by atoms with Gasteiger partial charge in [-0.2, -0.15) is 0 Å². The third kappa shape index (κ3) is 2.63. The average molecular weight is 337 g/mol. The summed E-state index contributed by atoms with van der Waals surface area (Å²) in [5, 5.41) is 3.08. The van der Waals surface area contributed by atoms with E-state index >= 15 is 0 Å². The van der Waals surface area contributed by atoms with E-state index in [1.807, 2.05) is 54.7 Å². The van der Waals surface area contributed by atoms with Crippen molar-refractivity contribution in [2.45, 2.75) is 0 Å². The number of nitrogens with zero attached hydrogens (tertiary/aromatic N) is 5. The number of allylic oxidation sites excluding steroid dienone is 11. The molecule has 0 aliphatic carbocycles. The van der Waals surface area contributed by atoms with Crippen LogP contribution in [0.4, 0.5) is 0 Å². The second-order valence-electron chi connectivity index (χ2n) is 6.00. The molecule has 5 rings (SSSR count). The fourth-order valence-corrected chi connectivity index (χ4v) is 2.96. The second kappa shape index (κ2) is 5.63. The molecule has 0 saturated carbocycles. The van der Waals surface area contributed by atoms with Gasteiger partial charge in [0.25, 0.3) is 0 Å². The Labute approximate surface area is 148 Å². The minimum atomic E-state index is 0.286. The van der Waals surface area contributed by atoms with Crippen LogP contribution in [0.3, 0.4) is 0 Å². The first kappa shape index (κ1) is 14.5. The molecule has 8 bridgehead atoms. The lowest BCUT2D eigenvalue weighted by Crippen LogP contribution is -1.89. The first-order valence-electron chi connectivity index (χ1n) is 8.06. The molecule has 122 valence electrons. The molecule has 0 amide bonds. The number of rotatable bonds is 1. The van der Waals surface area contributed by atoms with Gasteiger partial charge in [-0.25, -0.2) is 20.0 Å². The van der Waals surface area contributed by atoms with E-state index in [1.165, 1.54) is 0 Å². The summed E-state index contributed by atoms with van der Waals surface area (Å²) in [6.07, 6.45) is 20.5. The first-order chi connectivity index (χ1) is 12.7. The Morgan fingerprint density at radius 2 is 1.04 bits per heavy atom. The highest BCUT2D eigenvalue weighted by molar-refractivity contribution is 6.15. The quantitative estimate of drug-likeness (QED) is 0.672. The molecule has 0 spiro atoms. The standard InChI is InChI=1S/C20H11N5O/c26-25-20-11-18-9-16-4-3-14(22-16)7-12-1-2-13(21-12)8-15-5-6-17(23-15)10-19(20)24-18/h1-11H. The van der Waals surface area contributed by atoms with Gasteiger partial charge in [0.1, 0.15) is 5.70 Å². The Kier molecular flexibility index (Phi) is 3.15. The van der Waals surface area contributed by atoms with Crippen molar-refractivity contribution in [3.05, 3.63) is 100 Å². The molecular formula is C20H11N5O. The molecule has 0 atom stereocenters. The van der Waals surface area contributed by atoms with E-state index < -0.39 is 0 Å². The van der Waals surface area contributed by atoms with Crippen LogP contribution >= 0.6 is 0 Å². The number of hydrogen-bond acceptors (Lipinski definition) is 6. The molecular weight excluding hydrogens is 326 g/mol. The zero-order chi connectivity index (χ0) is 17.5.